The van der Waals surface area contributed by atoms with Crippen molar-refractivity contribution >= 4 is 11.7 Å². The van der Waals surface area contributed by atoms with Crippen LogP contribution in [-0.4, -0.2) is 31.4 Å². The molecule has 0 saturated carbocycles. The Balaban J connectivity index is 3.22. The Labute approximate surface area is 161 Å². The van der Waals surface area contributed by atoms with Gasteiger partial charge in [-0.1, -0.05) is 59.8 Å². The van der Waals surface area contributed by atoms with E-state index in [2.05, 4.69) is 12.2 Å². The van der Waals surface area contributed by atoms with Crippen molar-refractivity contribution in [3.8, 4) is 0 Å². The lowest BCUT2D eigenvalue weighted by Crippen LogP contribution is -2.29. The van der Waals surface area contributed by atoms with Crippen LogP contribution in [0.15, 0.2) is 0 Å². The minimum absolute atomic E-state index is 0.146. The molecular weight excluding hydrogens is 326 g/mol. The second-order valence-corrected chi connectivity index (χ2v) is 7.79. The van der Waals surface area contributed by atoms with Crippen molar-refractivity contribution in [3.05, 3.63) is 0 Å². The molecule has 0 aliphatic heterocycles. The van der Waals surface area contributed by atoms with Crippen LogP contribution in [0.4, 0.5) is 0 Å². The Morgan fingerprint density at radius 1 is 0.846 bits per heavy atom. The van der Waals surface area contributed by atoms with E-state index in [-0.39, 0.29) is 17.7 Å². The number of carbonyl (C=O) groups excluding carboxylic acids is 2. The summed E-state index contributed by atoms with van der Waals surface area (Å²) in [7, 11) is 0. The van der Waals surface area contributed by atoms with E-state index in [1.54, 1.807) is 0 Å². The number of rotatable bonds is 18. The molecule has 0 aromatic rings. The first-order chi connectivity index (χ1) is 12.5. The van der Waals surface area contributed by atoms with Crippen molar-refractivity contribution in [2.24, 2.45) is 11.8 Å². The predicted octanol–water partition coefficient (Wildman–Crippen LogP) is 5.29. The first kappa shape index (κ1) is 25.1. The van der Waals surface area contributed by atoms with Crippen molar-refractivity contribution in [1.29, 1.82) is 0 Å². The predicted molar refractivity (Wildman–Crippen MR) is 109 cm³/mol. The van der Waals surface area contributed by atoms with Gasteiger partial charge in [-0.05, 0) is 32.1 Å². The Kier molecular flexibility index (Phi) is 16.9. The van der Waals surface area contributed by atoms with E-state index >= 15 is 0 Å². The van der Waals surface area contributed by atoms with Crippen LogP contribution in [0.2, 0.25) is 0 Å². The highest BCUT2D eigenvalue weighted by Gasteiger charge is 2.10. The second-order valence-electron chi connectivity index (χ2n) is 7.79. The van der Waals surface area contributed by atoms with E-state index in [4.69, 9.17) is 4.74 Å². The number of hydrogen-bond donors (Lipinski definition) is 1. The average Bonchev–Trinajstić information content (AvgIpc) is 2.61. The lowest BCUT2D eigenvalue weighted by atomic mass is 10.0. The zero-order valence-corrected chi connectivity index (χ0v) is 17.8. The van der Waals surface area contributed by atoms with Crippen molar-refractivity contribution in [2.75, 3.05) is 19.8 Å². The summed E-state index contributed by atoms with van der Waals surface area (Å²) in [6.45, 7) is 10.5. The molecule has 0 radical (unpaired) electrons. The molecule has 0 aromatic heterocycles. The normalized spacial score (nSPS) is 12.3. The molecule has 4 nitrogen and oxygen atoms in total. The van der Waals surface area contributed by atoms with Gasteiger partial charge in [0.1, 0.15) is 5.78 Å². The van der Waals surface area contributed by atoms with E-state index in [9.17, 15) is 9.59 Å². The summed E-state index contributed by atoms with van der Waals surface area (Å²) in [5.41, 5.74) is 0. The minimum atomic E-state index is 0.146. The van der Waals surface area contributed by atoms with Gasteiger partial charge in [0.25, 0.3) is 0 Å². The van der Waals surface area contributed by atoms with Crippen LogP contribution in [-0.2, 0) is 14.3 Å². The van der Waals surface area contributed by atoms with Gasteiger partial charge in [0.15, 0.2) is 0 Å². The van der Waals surface area contributed by atoms with Gasteiger partial charge in [-0.15, -0.1) is 0 Å². The molecule has 26 heavy (non-hydrogen) atoms. The summed E-state index contributed by atoms with van der Waals surface area (Å²) in [6, 6.07) is 0. The molecule has 0 rings (SSSR count). The highest BCUT2D eigenvalue weighted by Crippen LogP contribution is 2.08. The molecular formula is C22H43NO3. The Morgan fingerprint density at radius 2 is 1.42 bits per heavy atom. The van der Waals surface area contributed by atoms with E-state index in [1.807, 2.05) is 20.8 Å². The Hall–Kier alpha value is -0.900. The van der Waals surface area contributed by atoms with Crippen LogP contribution in [0.5, 0.6) is 0 Å². The molecule has 0 fully saturated rings. The summed E-state index contributed by atoms with van der Waals surface area (Å²) >= 11 is 0. The first-order valence-electron chi connectivity index (χ1n) is 10.9. The summed E-state index contributed by atoms with van der Waals surface area (Å²) in [6.07, 6.45) is 11.7. The topological polar surface area (TPSA) is 55.4 Å². The summed E-state index contributed by atoms with van der Waals surface area (Å²) in [4.78, 5) is 23.2. The molecule has 0 aliphatic carbocycles. The molecule has 1 amide bonds. The molecule has 0 spiro atoms. The van der Waals surface area contributed by atoms with Gasteiger partial charge in [-0.2, -0.15) is 0 Å². The van der Waals surface area contributed by atoms with E-state index in [0.717, 1.165) is 71.1 Å². The summed E-state index contributed by atoms with van der Waals surface area (Å²) < 4.78 is 5.65. The number of unbranched alkanes of at least 4 members (excludes halogenated alkanes) is 6. The maximum Gasteiger partial charge on any atom is 0.222 e. The van der Waals surface area contributed by atoms with Gasteiger partial charge in [0.2, 0.25) is 5.91 Å². The van der Waals surface area contributed by atoms with Crippen molar-refractivity contribution in [3.63, 3.8) is 0 Å². The fraction of sp³-hybridized carbons (Fsp3) is 0.909. The first-order valence-corrected chi connectivity index (χ1v) is 10.9. The molecule has 0 aliphatic rings. The lowest BCUT2D eigenvalue weighted by Gasteiger charge is -2.10. The molecule has 4 heteroatoms. The monoisotopic (exact) mass is 369 g/mol. The highest BCUT2D eigenvalue weighted by molar-refractivity contribution is 5.80. The summed E-state index contributed by atoms with van der Waals surface area (Å²) in [5, 5.41) is 3.03. The third-order valence-corrected chi connectivity index (χ3v) is 4.79. The van der Waals surface area contributed by atoms with Gasteiger partial charge in [-0.3, -0.25) is 9.59 Å². The molecule has 0 aromatic carbocycles. The van der Waals surface area contributed by atoms with Crippen LogP contribution in [0.25, 0.3) is 0 Å². The van der Waals surface area contributed by atoms with E-state index in [0.29, 0.717) is 5.78 Å². The number of nitrogens with one attached hydrogen (secondary N) is 1. The number of ether oxygens (including phenoxy) is 1. The zero-order valence-electron chi connectivity index (χ0n) is 17.8. The largest absolute Gasteiger partial charge is 0.381 e. The standard InChI is InChI=1S/C22H43NO3/c1-5-14-20(4)22(25)23-16-11-7-6-8-12-17-26-18-13-9-10-15-21(24)19(2)3/h19-20H,5-18H2,1-4H3,(H,23,25). The van der Waals surface area contributed by atoms with Crippen LogP contribution < -0.4 is 5.32 Å². The van der Waals surface area contributed by atoms with E-state index in [1.165, 1.54) is 19.3 Å². The molecule has 1 N–H and O–H groups in total. The third kappa shape index (κ3) is 15.4. The highest BCUT2D eigenvalue weighted by atomic mass is 16.5. The average molecular weight is 370 g/mol. The van der Waals surface area contributed by atoms with Crippen LogP contribution in [0, 0.1) is 11.8 Å². The minimum Gasteiger partial charge on any atom is -0.381 e. The van der Waals surface area contributed by atoms with Gasteiger partial charge in [0, 0.05) is 38.0 Å². The quantitative estimate of drug-likeness (QED) is 0.334. The maximum absolute atomic E-state index is 11.8. The Morgan fingerprint density at radius 3 is 2.04 bits per heavy atom. The zero-order chi connectivity index (χ0) is 19.6. The number of Topliss-reactive ketones (excluding diaryl/α,β-unsaturated/α-hetero) is 1. The van der Waals surface area contributed by atoms with Crippen molar-refractivity contribution in [2.45, 2.75) is 98.3 Å². The van der Waals surface area contributed by atoms with Crippen molar-refractivity contribution < 1.29 is 14.3 Å². The maximum atomic E-state index is 11.8. The van der Waals surface area contributed by atoms with Gasteiger partial charge in [0.05, 0.1) is 0 Å². The second kappa shape index (κ2) is 17.5. The molecule has 0 heterocycles. The number of ketones is 1. The van der Waals surface area contributed by atoms with Crippen LogP contribution in [0.3, 0.4) is 0 Å². The number of carbonyl (C=O) groups is 2. The smallest absolute Gasteiger partial charge is 0.222 e. The van der Waals surface area contributed by atoms with Gasteiger partial charge < -0.3 is 10.1 Å². The summed E-state index contributed by atoms with van der Waals surface area (Å²) in [5.74, 6) is 0.898. The lowest BCUT2D eigenvalue weighted by molar-refractivity contribution is -0.124. The molecule has 154 valence electrons. The SMILES string of the molecule is CCCC(C)C(=O)NCCCCCCCOCCCCCC(=O)C(C)C. The fourth-order valence-electron chi connectivity index (χ4n) is 2.88. The molecule has 1 atom stereocenters. The Bertz CT molecular complexity index is 355. The fourth-order valence-corrected chi connectivity index (χ4v) is 2.88. The van der Waals surface area contributed by atoms with Crippen molar-refractivity contribution in [1.82, 2.24) is 5.32 Å². The number of amides is 1. The van der Waals surface area contributed by atoms with E-state index < -0.39 is 0 Å². The van der Waals surface area contributed by atoms with Crippen LogP contribution in [0.1, 0.15) is 98.3 Å². The van der Waals surface area contributed by atoms with Crippen LogP contribution >= 0.6 is 0 Å². The number of hydrogen-bond acceptors (Lipinski definition) is 3. The molecule has 0 bridgehead atoms. The molecule has 1 unspecified atom stereocenters. The molecule has 0 saturated heterocycles. The third-order valence-electron chi connectivity index (χ3n) is 4.79. The van der Waals surface area contributed by atoms with Gasteiger partial charge in [-0.25, -0.2) is 0 Å². The van der Waals surface area contributed by atoms with Gasteiger partial charge >= 0.3 is 0 Å².